The number of hydrogen-bond donors (Lipinski definition) is 0. The van der Waals surface area contributed by atoms with Gasteiger partial charge < -0.3 is 4.74 Å². The van der Waals surface area contributed by atoms with Crippen molar-refractivity contribution < 1.29 is 4.74 Å². The zero-order valence-electron chi connectivity index (χ0n) is 9.63. The fourth-order valence-corrected chi connectivity index (χ4v) is 1.50. The van der Waals surface area contributed by atoms with Gasteiger partial charge in [-0.15, -0.1) is 0 Å². The lowest BCUT2D eigenvalue weighted by Crippen LogP contribution is -1.93. The molecule has 0 saturated carbocycles. The minimum Gasteiger partial charge on any atom is -0.372 e. The van der Waals surface area contributed by atoms with Crippen molar-refractivity contribution in [3.8, 4) is 0 Å². The Labute approximate surface area is 87.2 Å². The van der Waals surface area contributed by atoms with Crippen molar-refractivity contribution >= 4 is 0 Å². The van der Waals surface area contributed by atoms with E-state index in [-0.39, 0.29) is 0 Å². The van der Waals surface area contributed by atoms with Crippen molar-refractivity contribution in [3.63, 3.8) is 0 Å². The van der Waals surface area contributed by atoms with Crippen LogP contribution in [-0.2, 0) is 4.74 Å². The third-order valence-electron chi connectivity index (χ3n) is 2.49. The van der Waals surface area contributed by atoms with Crippen LogP contribution in [0, 0.1) is 5.92 Å². The van der Waals surface area contributed by atoms with Crippen LogP contribution in [0.2, 0.25) is 0 Å². The van der Waals surface area contributed by atoms with E-state index in [0.29, 0.717) is 5.92 Å². The monoisotopic (exact) mass is 192 g/mol. The predicted molar refractivity (Wildman–Crippen MR) is 61.3 cm³/mol. The SMILES string of the molecule is C/C=C\C(=C/C1=C(C)COC1)C(C)C. The summed E-state index contributed by atoms with van der Waals surface area (Å²) in [6.45, 7) is 10.2. The summed E-state index contributed by atoms with van der Waals surface area (Å²) in [4.78, 5) is 0. The lowest BCUT2D eigenvalue weighted by molar-refractivity contribution is 0.205. The second kappa shape index (κ2) is 5.16. The molecule has 0 aromatic carbocycles. The number of rotatable bonds is 3. The first-order valence-electron chi connectivity index (χ1n) is 5.25. The predicted octanol–water partition coefficient (Wildman–Crippen LogP) is 3.49. The molecule has 0 bridgehead atoms. The number of hydrogen-bond acceptors (Lipinski definition) is 1. The summed E-state index contributed by atoms with van der Waals surface area (Å²) < 4.78 is 5.39. The van der Waals surface area contributed by atoms with Crippen LogP contribution < -0.4 is 0 Å². The molecule has 0 N–H and O–H groups in total. The van der Waals surface area contributed by atoms with Crippen molar-refractivity contribution in [1.82, 2.24) is 0 Å². The first-order valence-corrected chi connectivity index (χ1v) is 5.25. The lowest BCUT2D eigenvalue weighted by atomic mass is 9.99. The molecule has 0 atom stereocenters. The van der Waals surface area contributed by atoms with Crippen LogP contribution in [0.15, 0.2) is 34.9 Å². The van der Waals surface area contributed by atoms with Crippen molar-refractivity contribution in [2.45, 2.75) is 27.7 Å². The van der Waals surface area contributed by atoms with Gasteiger partial charge in [0, 0.05) is 0 Å². The molecule has 1 aliphatic rings. The maximum Gasteiger partial charge on any atom is 0.0721 e. The fraction of sp³-hybridized carbons (Fsp3) is 0.538. The van der Waals surface area contributed by atoms with Crippen molar-refractivity contribution in [2.24, 2.45) is 5.92 Å². The third-order valence-corrected chi connectivity index (χ3v) is 2.49. The van der Waals surface area contributed by atoms with Gasteiger partial charge in [0.2, 0.25) is 0 Å². The van der Waals surface area contributed by atoms with Crippen molar-refractivity contribution in [3.05, 3.63) is 34.9 Å². The average molecular weight is 192 g/mol. The van der Waals surface area contributed by atoms with E-state index in [9.17, 15) is 0 Å². The fourth-order valence-electron chi connectivity index (χ4n) is 1.50. The van der Waals surface area contributed by atoms with Gasteiger partial charge in [-0.2, -0.15) is 0 Å². The first kappa shape index (κ1) is 11.3. The Bertz CT molecular complexity index is 280. The lowest BCUT2D eigenvalue weighted by Gasteiger charge is -2.06. The quantitative estimate of drug-likeness (QED) is 0.622. The Morgan fingerprint density at radius 2 is 2.07 bits per heavy atom. The zero-order chi connectivity index (χ0) is 10.6. The summed E-state index contributed by atoms with van der Waals surface area (Å²) in [6, 6.07) is 0. The van der Waals surface area contributed by atoms with E-state index in [4.69, 9.17) is 4.74 Å². The average Bonchev–Trinajstić information content (AvgIpc) is 2.51. The molecule has 0 amide bonds. The summed E-state index contributed by atoms with van der Waals surface area (Å²) in [5.41, 5.74) is 4.10. The highest BCUT2D eigenvalue weighted by atomic mass is 16.5. The molecular weight excluding hydrogens is 172 g/mol. The van der Waals surface area contributed by atoms with Gasteiger partial charge in [0.15, 0.2) is 0 Å². The molecule has 0 unspecified atom stereocenters. The van der Waals surface area contributed by atoms with Crippen LogP contribution in [0.5, 0.6) is 0 Å². The smallest absolute Gasteiger partial charge is 0.0721 e. The molecule has 0 fully saturated rings. The van der Waals surface area contributed by atoms with Gasteiger partial charge in [-0.05, 0) is 36.5 Å². The molecule has 1 heteroatoms. The van der Waals surface area contributed by atoms with E-state index < -0.39 is 0 Å². The van der Waals surface area contributed by atoms with Gasteiger partial charge in [0.1, 0.15) is 0 Å². The molecule has 1 nitrogen and oxygen atoms in total. The standard InChI is InChI=1S/C13H20O/c1-5-6-12(10(2)3)7-13-9-14-8-11(13)4/h5-7,10H,8-9H2,1-4H3/b6-5-,12-7+. The van der Waals surface area contributed by atoms with E-state index in [1.165, 1.54) is 16.7 Å². The molecule has 1 rings (SSSR count). The highest BCUT2D eigenvalue weighted by molar-refractivity contribution is 5.36. The largest absolute Gasteiger partial charge is 0.372 e. The van der Waals surface area contributed by atoms with E-state index in [1.807, 2.05) is 0 Å². The minimum atomic E-state index is 0.576. The Kier molecular flexibility index (Phi) is 4.15. The van der Waals surface area contributed by atoms with Crippen molar-refractivity contribution in [1.29, 1.82) is 0 Å². The van der Waals surface area contributed by atoms with Crippen LogP contribution in [0.3, 0.4) is 0 Å². The van der Waals surface area contributed by atoms with E-state index in [0.717, 1.165) is 13.2 Å². The molecule has 14 heavy (non-hydrogen) atoms. The van der Waals surface area contributed by atoms with E-state index >= 15 is 0 Å². The van der Waals surface area contributed by atoms with Crippen LogP contribution in [-0.4, -0.2) is 13.2 Å². The first-order chi connectivity index (χ1) is 6.65. The third kappa shape index (κ3) is 2.85. The second-order valence-electron chi connectivity index (χ2n) is 4.10. The van der Waals surface area contributed by atoms with Gasteiger partial charge >= 0.3 is 0 Å². The highest BCUT2D eigenvalue weighted by Crippen LogP contribution is 2.20. The molecule has 0 aromatic rings. The Morgan fingerprint density at radius 1 is 1.36 bits per heavy atom. The minimum absolute atomic E-state index is 0.576. The summed E-state index contributed by atoms with van der Waals surface area (Å²) in [5, 5.41) is 0. The van der Waals surface area contributed by atoms with E-state index in [1.54, 1.807) is 0 Å². The Morgan fingerprint density at radius 3 is 2.50 bits per heavy atom. The van der Waals surface area contributed by atoms with Crippen LogP contribution in [0.4, 0.5) is 0 Å². The Balaban J connectivity index is 2.87. The molecule has 0 aromatic heterocycles. The molecule has 1 aliphatic heterocycles. The van der Waals surface area contributed by atoms with Crippen LogP contribution >= 0.6 is 0 Å². The molecule has 0 saturated heterocycles. The van der Waals surface area contributed by atoms with Crippen molar-refractivity contribution in [2.75, 3.05) is 13.2 Å². The summed E-state index contributed by atoms with van der Waals surface area (Å²) in [7, 11) is 0. The van der Waals surface area contributed by atoms with Gasteiger partial charge in [-0.3, -0.25) is 0 Å². The summed E-state index contributed by atoms with van der Waals surface area (Å²) in [6.07, 6.45) is 6.55. The van der Waals surface area contributed by atoms with Gasteiger partial charge in [-0.25, -0.2) is 0 Å². The van der Waals surface area contributed by atoms with Gasteiger partial charge in [0.05, 0.1) is 13.2 Å². The van der Waals surface area contributed by atoms with Crippen LogP contribution in [0.1, 0.15) is 27.7 Å². The second-order valence-corrected chi connectivity index (χ2v) is 4.10. The number of ether oxygens (including phenoxy) is 1. The normalized spacial score (nSPS) is 19.1. The molecule has 0 radical (unpaired) electrons. The molecule has 1 heterocycles. The zero-order valence-corrected chi connectivity index (χ0v) is 9.63. The maximum atomic E-state index is 5.39. The highest BCUT2D eigenvalue weighted by Gasteiger charge is 2.10. The van der Waals surface area contributed by atoms with Crippen LogP contribution in [0.25, 0.3) is 0 Å². The molecule has 78 valence electrons. The summed E-state index contributed by atoms with van der Waals surface area (Å²) in [5.74, 6) is 0.576. The molecule has 0 aliphatic carbocycles. The number of allylic oxidation sites excluding steroid dienone is 3. The van der Waals surface area contributed by atoms with Gasteiger partial charge in [0.25, 0.3) is 0 Å². The topological polar surface area (TPSA) is 9.23 Å². The summed E-state index contributed by atoms with van der Waals surface area (Å²) >= 11 is 0. The van der Waals surface area contributed by atoms with E-state index in [2.05, 4.69) is 45.9 Å². The Hall–Kier alpha value is -0.820. The maximum absolute atomic E-state index is 5.39. The molecular formula is C13H20O. The van der Waals surface area contributed by atoms with Gasteiger partial charge in [-0.1, -0.05) is 32.1 Å². The molecule has 0 spiro atoms.